The Kier molecular flexibility index (Phi) is 6.25. The smallest absolute Gasteiger partial charge is 0.320 e. The molecule has 0 aliphatic heterocycles. The molecule has 1 aromatic rings. The van der Waals surface area contributed by atoms with Gasteiger partial charge in [0.05, 0.1) is 0 Å². The molecule has 0 saturated heterocycles. The van der Waals surface area contributed by atoms with Crippen LogP contribution < -0.4 is 5.73 Å². The summed E-state index contributed by atoms with van der Waals surface area (Å²) in [5.41, 5.74) is 6.13. The maximum Gasteiger partial charge on any atom is 0.320 e. The number of esters is 1. The van der Waals surface area contributed by atoms with Crippen LogP contribution >= 0.6 is 0 Å². The highest BCUT2D eigenvalue weighted by Gasteiger charge is 2.13. The van der Waals surface area contributed by atoms with Crippen LogP contribution in [0.5, 0.6) is 5.75 Å². The summed E-state index contributed by atoms with van der Waals surface area (Å²) in [6.07, 6.45) is 3.42. The molecule has 0 spiro atoms. The molecule has 0 aromatic heterocycles. The summed E-state index contributed by atoms with van der Waals surface area (Å²) >= 11 is 0. The van der Waals surface area contributed by atoms with E-state index in [1.54, 1.807) is 36.4 Å². The second-order valence-electron chi connectivity index (χ2n) is 4.16. The zero-order valence-electron chi connectivity index (χ0n) is 10.9. The van der Waals surface area contributed by atoms with Crippen molar-refractivity contribution in [2.24, 2.45) is 5.73 Å². The number of carboxylic acids is 1. The first kappa shape index (κ1) is 15.7. The van der Waals surface area contributed by atoms with Gasteiger partial charge in [-0.3, -0.25) is 9.59 Å². The van der Waals surface area contributed by atoms with E-state index in [1.807, 2.05) is 0 Å². The van der Waals surface area contributed by atoms with E-state index in [0.717, 1.165) is 5.56 Å². The van der Waals surface area contributed by atoms with E-state index in [2.05, 4.69) is 0 Å². The Balaban J connectivity index is 2.24. The van der Waals surface area contributed by atoms with Crippen molar-refractivity contribution in [3.05, 3.63) is 35.9 Å². The van der Waals surface area contributed by atoms with Crippen LogP contribution in [0.2, 0.25) is 0 Å². The molecule has 4 N–H and O–H groups in total. The average molecular weight is 279 g/mol. The SMILES string of the molecule is N[C@@H](CCC(=O)OCC=Cc1ccc(O)cc1)C(=O)O. The highest BCUT2D eigenvalue weighted by atomic mass is 16.5. The van der Waals surface area contributed by atoms with Crippen LogP contribution in [0.25, 0.3) is 6.08 Å². The number of carbonyl (C=O) groups is 2. The Morgan fingerprint density at radius 2 is 1.95 bits per heavy atom. The molecule has 0 heterocycles. The molecule has 0 unspecified atom stereocenters. The van der Waals surface area contributed by atoms with Gasteiger partial charge < -0.3 is 20.7 Å². The fourth-order valence-electron chi connectivity index (χ4n) is 1.38. The lowest BCUT2D eigenvalue weighted by atomic mass is 10.2. The first-order valence-electron chi connectivity index (χ1n) is 6.08. The largest absolute Gasteiger partial charge is 0.508 e. The molecule has 1 atom stereocenters. The predicted octanol–water partition coefficient (Wildman–Crippen LogP) is 1.14. The van der Waals surface area contributed by atoms with Gasteiger partial charge in [0.2, 0.25) is 0 Å². The van der Waals surface area contributed by atoms with E-state index in [-0.39, 0.29) is 25.2 Å². The lowest BCUT2D eigenvalue weighted by Gasteiger charge is -2.05. The highest BCUT2D eigenvalue weighted by molar-refractivity contribution is 5.75. The Morgan fingerprint density at radius 3 is 2.55 bits per heavy atom. The molecule has 0 aliphatic rings. The Hall–Kier alpha value is -2.34. The first-order valence-corrected chi connectivity index (χ1v) is 6.08. The summed E-state index contributed by atoms with van der Waals surface area (Å²) < 4.78 is 4.89. The van der Waals surface area contributed by atoms with E-state index < -0.39 is 18.0 Å². The molecule has 20 heavy (non-hydrogen) atoms. The van der Waals surface area contributed by atoms with Gasteiger partial charge in [0.25, 0.3) is 0 Å². The van der Waals surface area contributed by atoms with E-state index in [0.29, 0.717) is 0 Å². The van der Waals surface area contributed by atoms with Crippen molar-refractivity contribution in [1.29, 1.82) is 0 Å². The number of ether oxygens (including phenoxy) is 1. The van der Waals surface area contributed by atoms with Crippen LogP contribution in [0.3, 0.4) is 0 Å². The standard InChI is InChI=1S/C14H17NO5/c15-12(14(18)19)7-8-13(17)20-9-1-2-10-3-5-11(16)6-4-10/h1-6,12,16H,7-9,15H2,(H,18,19)/t12-/m0/s1. The number of nitrogens with two attached hydrogens (primary N) is 1. The minimum absolute atomic E-state index is 0.0273. The van der Waals surface area contributed by atoms with Gasteiger partial charge in [-0.25, -0.2) is 0 Å². The molecule has 0 bridgehead atoms. The van der Waals surface area contributed by atoms with Crippen molar-refractivity contribution < 1.29 is 24.5 Å². The van der Waals surface area contributed by atoms with E-state index in [4.69, 9.17) is 20.7 Å². The third kappa shape index (κ3) is 6.01. The molecule has 0 amide bonds. The van der Waals surface area contributed by atoms with Gasteiger partial charge >= 0.3 is 11.9 Å². The lowest BCUT2D eigenvalue weighted by Crippen LogP contribution is -2.30. The number of phenolic OH excluding ortho intramolecular Hbond substituents is 1. The highest BCUT2D eigenvalue weighted by Crippen LogP contribution is 2.10. The predicted molar refractivity (Wildman–Crippen MR) is 72.9 cm³/mol. The van der Waals surface area contributed by atoms with Crippen molar-refractivity contribution in [2.75, 3.05) is 6.61 Å². The van der Waals surface area contributed by atoms with Gasteiger partial charge in [-0.2, -0.15) is 0 Å². The molecule has 6 heteroatoms. The van der Waals surface area contributed by atoms with Crippen molar-refractivity contribution in [2.45, 2.75) is 18.9 Å². The van der Waals surface area contributed by atoms with Crippen LogP contribution in [0.1, 0.15) is 18.4 Å². The zero-order chi connectivity index (χ0) is 15.0. The zero-order valence-corrected chi connectivity index (χ0v) is 10.9. The van der Waals surface area contributed by atoms with Gasteiger partial charge in [0.1, 0.15) is 18.4 Å². The summed E-state index contributed by atoms with van der Waals surface area (Å²) in [4.78, 5) is 21.7. The Morgan fingerprint density at radius 1 is 1.30 bits per heavy atom. The van der Waals surface area contributed by atoms with Crippen LogP contribution in [-0.2, 0) is 14.3 Å². The molecule has 6 nitrogen and oxygen atoms in total. The van der Waals surface area contributed by atoms with Crippen LogP contribution in [0, 0.1) is 0 Å². The summed E-state index contributed by atoms with van der Waals surface area (Å²) in [6, 6.07) is 5.51. The maximum absolute atomic E-state index is 11.3. The minimum atomic E-state index is -1.13. The van der Waals surface area contributed by atoms with Crippen LogP contribution in [0.15, 0.2) is 30.3 Å². The number of hydrogen-bond donors (Lipinski definition) is 3. The molecule has 0 aliphatic carbocycles. The number of carbonyl (C=O) groups excluding carboxylic acids is 1. The summed E-state index contributed by atoms with van der Waals surface area (Å²) in [6.45, 7) is 0.0992. The van der Waals surface area contributed by atoms with Crippen molar-refractivity contribution in [1.82, 2.24) is 0 Å². The van der Waals surface area contributed by atoms with E-state index in [1.165, 1.54) is 0 Å². The van der Waals surface area contributed by atoms with Crippen molar-refractivity contribution in [3.63, 3.8) is 0 Å². The Bertz CT molecular complexity index is 481. The molecule has 0 fully saturated rings. The number of carboxylic acid groups (broad SMARTS) is 1. The topological polar surface area (TPSA) is 110 Å². The third-order valence-electron chi connectivity index (χ3n) is 2.52. The van der Waals surface area contributed by atoms with Gasteiger partial charge in [-0.1, -0.05) is 18.2 Å². The molecule has 1 rings (SSSR count). The summed E-state index contributed by atoms with van der Waals surface area (Å²) in [5, 5.41) is 17.6. The normalized spacial score (nSPS) is 12.2. The lowest BCUT2D eigenvalue weighted by molar-refractivity contribution is -0.143. The van der Waals surface area contributed by atoms with Crippen molar-refractivity contribution >= 4 is 18.0 Å². The quantitative estimate of drug-likeness (QED) is 0.646. The second kappa shape index (κ2) is 7.96. The fourth-order valence-corrected chi connectivity index (χ4v) is 1.38. The van der Waals surface area contributed by atoms with Gasteiger partial charge in [-0.05, 0) is 30.2 Å². The summed E-state index contributed by atoms with van der Waals surface area (Å²) in [5.74, 6) is -1.44. The van der Waals surface area contributed by atoms with Crippen LogP contribution in [0.4, 0.5) is 0 Å². The number of phenols is 1. The number of aliphatic carboxylic acids is 1. The van der Waals surface area contributed by atoms with E-state index in [9.17, 15) is 9.59 Å². The maximum atomic E-state index is 11.3. The minimum Gasteiger partial charge on any atom is -0.508 e. The average Bonchev–Trinajstić information content (AvgIpc) is 2.42. The number of hydrogen-bond acceptors (Lipinski definition) is 5. The number of rotatable bonds is 7. The monoisotopic (exact) mass is 279 g/mol. The van der Waals surface area contributed by atoms with Gasteiger partial charge in [0.15, 0.2) is 0 Å². The molecule has 0 saturated carbocycles. The van der Waals surface area contributed by atoms with Crippen molar-refractivity contribution in [3.8, 4) is 5.75 Å². The molecule has 1 aromatic carbocycles. The number of benzene rings is 1. The fraction of sp³-hybridized carbons (Fsp3) is 0.286. The Labute approximate surface area is 116 Å². The molecular formula is C14H17NO5. The third-order valence-corrected chi connectivity index (χ3v) is 2.52. The number of aromatic hydroxyl groups is 1. The molecular weight excluding hydrogens is 262 g/mol. The molecule has 0 radical (unpaired) electrons. The summed E-state index contributed by atoms with van der Waals surface area (Å²) in [7, 11) is 0. The van der Waals surface area contributed by atoms with Gasteiger partial charge in [-0.15, -0.1) is 0 Å². The van der Waals surface area contributed by atoms with Gasteiger partial charge in [0, 0.05) is 6.42 Å². The van der Waals surface area contributed by atoms with Crippen LogP contribution in [-0.4, -0.2) is 34.8 Å². The first-order chi connectivity index (χ1) is 9.49. The second-order valence-corrected chi connectivity index (χ2v) is 4.16. The molecule has 108 valence electrons. The van der Waals surface area contributed by atoms with E-state index >= 15 is 0 Å².